The number of aliphatic hydroxyl groups excluding tert-OH is 1. The van der Waals surface area contributed by atoms with Crippen LogP contribution in [-0.4, -0.2) is 29.8 Å². The minimum Gasteiger partial charge on any atom is -0.493 e. The van der Waals surface area contributed by atoms with Crippen LogP contribution < -0.4 is 10.1 Å². The van der Waals surface area contributed by atoms with Crippen LogP contribution in [0.5, 0.6) is 5.75 Å². The molecule has 0 saturated carbocycles. The summed E-state index contributed by atoms with van der Waals surface area (Å²) in [6.07, 6.45) is 4.45. The van der Waals surface area contributed by atoms with Gasteiger partial charge in [-0.3, -0.25) is 4.98 Å². The molecule has 0 radical (unpaired) electrons. The summed E-state index contributed by atoms with van der Waals surface area (Å²) in [5.41, 5.74) is 2.23. The lowest BCUT2D eigenvalue weighted by molar-refractivity contribution is 0.290. The summed E-state index contributed by atoms with van der Waals surface area (Å²) >= 11 is 3.47. The van der Waals surface area contributed by atoms with Crippen molar-refractivity contribution < 1.29 is 9.84 Å². The summed E-state index contributed by atoms with van der Waals surface area (Å²) in [4.78, 5) is 4.09. The van der Waals surface area contributed by atoms with Crippen LogP contribution in [0, 0.1) is 0 Å². The fourth-order valence-corrected chi connectivity index (χ4v) is 2.36. The van der Waals surface area contributed by atoms with Gasteiger partial charge in [-0.2, -0.15) is 0 Å². The van der Waals surface area contributed by atoms with Gasteiger partial charge in [0.2, 0.25) is 0 Å². The highest BCUT2D eigenvalue weighted by Gasteiger charge is 2.05. The molecule has 0 unspecified atom stereocenters. The molecule has 5 heteroatoms. The van der Waals surface area contributed by atoms with Gasteiger partial charge in [0.15, 0.2) is 0 Å². The van der Waals surface area contributed by atoms with E-state index in [0.29, 0.717) is 19.7 Å². The number of benzene rings is 1. The van der Waals surface area contributed by atoms with Crippen molar-refractivity contribution in [1.29, 1.82) is 0 Å². The van der Waals surface area contributed by atoms with E-state index < -0.39 is 0 Å². The van der Waals surface area contributed by atoms with Gasteiger partial charge in [-0.15, -0.1) is 0 Å². The van der Waals surface area contributed by atoms with Crippen molar-refractivity contribution in [3.63, 3.8) is 0 Å². The summed E-state index contributed by atoms with van der Waals surface area (Å²) in [7, 11) is 0. The molecule has 0 bridgehead atoms. The minimum atomic E-state index is 0.130. The van der Waals surface area contributed by atoms with Crippen molar-refractivity contribution in [2.24, 2.45) is 0 Å². The molecule has 0 aliphatic carbocycles. The zero-order chi connectivity index (χ0) is 14.9. The largest absolute Gasteiger partial charge is 0.493 e. The molecule has 0 atom stereocenters. The lowest BCUT2D eigenvalue weighted by atomic mass is 10.2. The third-order valence-electron chi connectivity index (χ3n) is 3.00. The average molecular weight is 351 g/mol. The zero-order valence-corrected chi connectivity index (χ0v) is 13.3. The first kappa shape index (κ1) is 15.9. The van der Waals surface area contributed by atoms with Gasteiger partial charge in [-0.05, 0) is 29.8 Å². The van der Waals surface area contributed by atoms with Crippen LogP contribution in [0.15, 0.2) is 47.2 Å². The van der Waals surface area contributed by atoms with Crippen LogP contribution in [0.3, 0.4) is 0 Å². The van der Waals surface area contributed by atoms with E-state index in [-0.39, 0.29) is 6.61 Å². The van der Waals surface area contributed by atoms with E-state index in [1.807, 2.05) is 36.5 Å². The smallest absolute Gasteiger partial charge is 0.123 e. The van der Waals surface area contributed by atoms with Gasteiger partial charge in [-0.1, -0.05) is 22.0 Å². The quantitative estimate of drug-likeness (QED) is 0.718. The van der Waals surface area contributed by atoms with E-state index in [1.165, 1.54) is 0 Å². The number of nitrogens with zero attached hydrogens (tertiary/aromatic N) is 1. The normalized spacial score (nSPS) is 10.6. The number of nitrogens with one attached hydrogen (secondary N) is 1. The van der Waals surface area contributed by atoms with E-state index in [4.69, 9.17) is 9.84 Å². The standard InChI is InChI=1S/C16H19BrN2O2/c17-15-3-4-16(14(10-15)12-19-7-8-20)21-9-5-13-2-1-6-18-11-13/h1-4,6,10-11,19-20H,5,7-9,12H2. The van der Waals surface area contributed by atoms with Gasteiger partial charge >= 0.3 is 0 Å². The molecular weight excluding hydrogens is 332 g/mol. The van der Waals surface area contributed by atoms with Crippen molar-refractivity contribution in [2.75, 3.05) is 19.8 Å². The molecule has 21 heavy (non-hydrogen) atoms. The summed E-state index contributed by atoms with van der Waals surface area (Å²) in [6.45, 7) is 1.98. The molecule has 4 nitrogen and oxygen atoms in total. The molecule has 0 fully saturated rings. The van der Waals surface area contributed by atoms with Gasteiger partial charge in [-0.25, -0.2) is 0 Å². The first-order valence-electron chi connectivity index (χ1n) is 6.91. The molecule has 0 saturated heterocycles. The Hall–Kier alpha value is -1.43. The Labute approximate surface area is 133 Å². The van der Waals surface area contributed by atoms with E-state index >= 15 is 0 Å². The fourth-order valence-electron chi connectivity index (χ4n) is 1.95. The van der Waals surface area contributed by atoms with E-state index in [0.717, 1.165) is 27.8 Å². The van der Waals surface area contributed by atoms with Gasteiger partial charge < -0.3 is 15.2 Å². The van der Waals surface area contributed by atoms with E-state index in [2.05, 4.69) is 26.2 Å². The van der Waals surface area contributed by atoms with Gasteiger partial charge in [0.1, 0.15) is 5.75 Å². The van der Waals surface area contributed by atoms with Crippen molar-refractivity contribution in [3.8, 4) is 5.75 Å². The van der Waals surface area contributed by atoms with Crippen molar-refractivity contribution in [1.82, 2.24) is 10.3 Å². The predicted molar refractivity (Wildman–Crippen MR) is 86.4 cm³/mol. The summed E-state index contributed by atoms with van der Waals surface area (Å²) in [5, 5.41) is 12.0. The third-order valence-corrected chi connectivity index (χ3v) is 3.49. The molecule has 2 aromatic rings. The number of aromatic nitrogens is 1. The molecule has 1 aromatic carbocycles. The van der Waals surface area contributed by atoms with E-state index in [1.54, 1.807) is 6.20 Å². The van der Waals surface area contributed by atoms with Crippen molar-refractivity contribution in [3.05, 3.63) is 58.3 Å². The van der Waals surface area contributed by atoms with Crippen LogP contribution >= 0.6 is 15.9 Å². The fraction of sp³-hybridized carbons (Fsp3) is 0.312. The molecule has 2 N–H and O–H groups in total. The first-order chi connectivity index (χ1) is 10.3. The number of pyridine rings is 1. The summed E-state index contributed by atoms with van der Waals surface area (Å²) in [5.74, 6) is 0.868. The molecule has 1 heterocycles. The second-order valence-electron chi connectivity index (χ2n) is 4.61. The number of halogens is 1. The Morgan fingerprint density at radius 3 is 2.95 bits per heavy atom. The number of rotatable bonds is 8. The highest BCUT2D eigenvalue weighted by Crippen LogP contribution is 2.23. The number of hydrogen-bond acceptors (Lipinski definition) is 4. The minimum absolute atomic E-state index is 0.130. The van der Waals surface area contributed by atoms with Gasteiger partial charge in [0.25, 0.3) is 0 Å². The lowest BCUT2D eigenvalue weighted by Gasteiger charge is -2.12. The number of ether oxygens (including phenoxy) is 1. The second kappa shape index (κ2) is 8.77. The molecule has 0 aliphatic rings. The topological polar surface area (TPSA) is 54.4 Å². The highest BCUT2D eigenvalue weighted by molar-refractivity contribution is 9.10. The molecular formula is C16H19BrN2O2. The molecule has 0 spiro atoms. The van der Waals surface area contributed by atoms with Crippen LogP contribution in [-0.2, 0) is 13.0 Å². The molecule has 0 aliphatic heterocycles. The molecule has 112 valence electrons. The van der Waals surface area contributed by atoms with Gasteiger partial charge in [0.05, 0.1) is 13.2 Å². The Morgan fingerprint density at radius 2 is 2.19 bits per heavy atom. The van der Waals surface area contributed by atoms with Crippen LogP contribution in [0.2, 0.25) is 0 Å². The maximum Gasteiger partial charge on any atom is 0.123 e. The monoisotopic (exact) mass is 350 g/mol. The Bertz CT molecular complexity index is 549. The Kier molecular flexibility index (Phi) is 6.66. The number of hydrogen-bond donors (Lipinski definition) is 2. The van der Waals surface area contributed by atoms with Crippen molar-refractivity contribution >= 4 is 15.9 Å². The van der Waals surface area contributed by atoms with Gasteiger partial charge in [0, 0.05) is 41.9 Å². The summed E-state index contributed by atoms with van der Waals surface area (Å²) < 4.78 is 6.89. The van der Waals surface area contributed by atoms with Crippen LogP contribution in [0.25, 0.3) is 0 Å². The van der Waals surface area contributed by atoms with E-state index in [9.17, 15) is 0 Å². The first-order valence-corrected chi connectivity index (χ1v) is 7.70. The van der Waals surface area contributed by atoms with Crippen LogP contribution in [0.4, 0.5) is 0 Å². The SMILES string of the molecule is OCCNCc1cc(Br)ccc1OCCc1cccnc1. The Balaban J connectivity index is 1.92. The highest BCUT2D eigenvalue weighted by atomic mass is 79.9. The zero-order valence-electron chi connectivity index (χ0n) is 11.8. The maximum absolute atomic E-state index is 8.83. The molecule has 1 aromatic heterocycles. The Morgan fingerprint density at radius 1 is 1.29 bits per heavy atom. The lowest BCUT2D eigenvalue weighted by Crippen LogP contribution is -2.18. The predicted octanol–water partition coefficient (Wildman–Crippen LogP) is 2.55. The van der Waals surface area contributed by atoms with Crippen LogP contribution in [0.1, 0.15) is 11.1 Å². The van der Waals surface area contributed by atoms with Crippen molar-refractivity contribution in [2.45, 2.75) is 13.0 Å². The summed E-state index contributed by atoms with van der Waals surface area (Å²) in [6, 6.07) is 9.93. The maximum atomic E-state index is 8.83. The molecule has 2 rings (SSSR count). The molecule has 0 amide bonds. The second-order valence-corrected chi connectivity index (χ2v) is 5.53. The third kappa shape index (κ3) is 5.46. The number of aliphatic hydroxyl groups is 1. The average Bonchev–Trinajstić information content (AvgIpc) is 2.51.